The second-order valence-electron chi connectivity index (χ2n) is 5.34. The number of benzene rings is 1. The number of ketones is 1. The van der Waals surface area contributed by atoms with Crippen LogP contribution in [0.2, 0.25) is 5.02 Å². The molecule has 0 amide bonds. The van der Waals surface area contributed by atoms with Gasteiger partial charge < -0.3 is 0 Å². The van der Waals surface area contributed by atoms with Crippen molar-refractivity contribution in [1.29, 1.82) is 0 Å². The zero-order valence-corrected chi connectivity index (χ0v) is 13.3. The van der Waals surface area contributed by atoms with E-state index in [0.29, 0.717) is 5.02 Å². The van der Waals surface area contributed by atoms with Crippen molar-refractivity contribution in [3.8, 4) is 0 Å². The van der Waals surface area contributed by atoms with E-state index >= 15 is 0 Å². The van der Waals surface area contributed by atoms with Crippen LogP contribution in [-0.2, 0) is 6.54 Å². The Morgan fingerprint density at radius 3 is 2.15 bits per heavy atom. The highest BCUT2D eigenvalue weighted by molar-refractivity contribution is 6.31. The molecule has 2 aromatic rings. The molecule has 106 valence electrons. The van der Waals surface area contributed by atoms with Crippen LogP contribution in [0.3, 0.4) is 0 Å². The van der Waals surface area contributed by atoms with Crippen molar-refractivity contribution in [3.05, 3.63) is 50.8 Å². The number of carbonyl (C=O) groups is 1. The highest BCUT2D eigenvalue weighted by Crippen LogP contribution is 2.21. The van der Waals surface area contributed by atoms with E-state index < -0.39 is 0 Å². The average molecular weight is 291 g/mol. The lowest BCUT2D eigenvalue weighted by Crippen LogP contribution is -2.15. The molecular weight excluding hydrogens is 272 g/mol. The summed E-state index contributed by atoms with van der Waals surface area (Å²) in [5.41, 5.74) is 5.58. The zero-order valence-electron chi connectivity index (χ0n) is 12.5. The van der Waals surface area contributed by atoms with Gasteiger partial charge in [0.15, 0.2) is 5.78 Å². The fraction of sp³-hybridized carbons (Fsp3) is 0.375. The quantitative estimate of drug-likeness (QED) is 0.802. The standard InChI is InChI=1S/C16H19ClN2O/c1-9-6-10(2)15(11(3)7-9)14(20)8-19-13(5)16(17)12(4)18-19/h6-7H,8H2,1-5H3. The third-order valence-corrected chi connectivity index (χ3v) is 4.09. The number of rotatable bonds is 3. The van der Waals surface area contributed by atoms with Gasteiger partial charge in [0.05, 0.1) is 16.4 Å². The van der Waals surface area contributed by atoms with Gasteiger partial charge in [-0.1, -0.05) is 29.3 Å². The van der Waals surface area contributed by atoms with Crippen molar-refractivity contribution < 1.29 is 4.79 Å². The molecule has 1 aromatic heterocycles. The summed E-state index contributed by atoms with van der Waals surface area (Å²) in [5, 5.41) is 4.95. The molecule has 1 aromatic carbocycles. The van der Waals surface area contributed by atoms with Gasteiger partial charge in [0.25, 0.3) is 0 Å². The number of carbonyl (C=O) groups excluding carboxylic acids is 1. The largest absolute Gasteiger partial charge is 0.292 e. The van der Waals surface area contributed by atoms with Crippen molar-refractivity contribution in [2.45, 2.75) is 41.2 Å². The second kappa shape index (κ2) is 5.41. The van der Waals surface area contributed by atoms with Gasteiger partial charge in [0.2, 0.25) is 0 Å². The molecule has 0 radical (unpaired) electrons. The number of nitrogens with zero attached hydrogens (tertiary/aromatic N) is 2. The number of aromatic nitrogens is 2. The number of Topliss-reactive ketones (excluding diaryl/α,β-unsaturated/α-hetero) is 1. The van der Waals surface area contributed by atoms with Crippen LogP contribution in [0.25, 0.3) is 0 Å². The predicted molar refractivity (Wildman–Crippen MR) is 81.7 cm³/mol. The van der Waals surface area contributed by atoms with Gasteiger partial charge in [-0.25, -0.2) is 0 Å². The molecule has 0 unspecified atom stereocenters. The minimum Gasteiger partial charge on any atom is -0.292 e. The van der Waals surface area contributed by atoms with Crippen LogP contribution in [-0.4, -0.2) is 15.6 Å². The van der Waals surface area contributed by atoms with Crippen LogP contribution in [0.4, 0.5) is 0 Å². The Morgan fingerprint density at radius 2 is 1.70 bits per heavy atom. The van der Waals surface area contributed by atoms with E-state index in [2.05, 4.69) is 5.10 Å². The first-order valence-electron chi connectivity index (χ1n) is 6.61. The van der Waals surface area contributed by atoms with E-state index in [9.17, 15) is 4.79 Å². The molecule has 0 atom stereocenters. The van der Waals surface area contributed by atoms with E-state index in [-0.39, 0.29) is 12.3 Å². The van der Waals surface area contributed by atoms with Crippen LogP contribution in [0.1, 0.15) is 38.4 Å². The van der Waals surface area contributed by atoms with Crippen molar-refractivity contribution >= 4 is 17.4 Å². The molecule has 0 saturated carbocycles. The average Bonchev–Trinajstić information content (AvgIpc) is 2.55. The summed E-state index contributed by atoms with van der Waals surface area (Å²) >= 11 is 6.12. The Bertz CT molecular complexity index is 663. The van der Waals surface area contributed by atoms with Crippen LogP contribution in [0.5, 0.6) is 0 Å². The molecule has 0 aliphatic heterocycles. The summed E-state index contributed by atoms with van der Waals surface area (Å²) < 4.78 is 1.68. The fourth-order valence-electron chi connectivity index (χ4n) is 2.66. The molecule has 0 bridgehead atoms. The lowest BCUT2D eigenvalue weighted by atomic mass is 9.96. The molecule has 0 aliphatic rings. The normalized spacial score (nSPS) is 10.9. The zero-order chi connectivity index (χ0) is 15.0. The summed E-state index contributed by atoms with van der Waals surface area (Å²) in [6.07, 6.45) is 0. The lowest BCUT2D eigenvalue weighted by molar-refractivity contribution is 0.0965. The van der Waals surface area contributed by atoms with Crippen molar-refractivity contribution in [2.75, 3.05) is 0 Å². The first kappa shape index (κ1) is 14.8. The number of halogens is 1. The molecule has 2 rings (SSSR count). The first-order valence-corrected chi connectivity index (χ1v) is 6.99. The maximum atomic E-state index is 12.5. The molecule has 1 heterocycles. The molecule has 0 spiro atoms. The first-order chi connectivity index (χ1) is 9.31. The Morgan fingerprint density at radius 1 is 1.15 bits per heavy atom. The Hall–Kier alpha value is -1.61. The Labute approximate surface area is 124 Å². The van der Waals surface area contributed by atoms with Gasteiger partial charge in [-0.3, -0.25) is 9.48 Å². The molecule has 3 nitrogen and oxygen atoms in total. The fourth-order valence-corrected chi connectivity index (χ4v) is 2.80. The van der Waals surface area contributed by atoms with Crippen LogP contribution < -0.4 is 0 Å². The molecule has 0 saturated heterocycles. The van der Waals surface area contributed by atoms with Gasteiger partial charge >= 0.3 is 0 Å². The van der Waals surface area contributed by atoms with Crippen LogP contribution >= 0.6 is 11.6 Å². The number of hydrogen-bond acceptors (Lipinski definition) is 2. The Balaban J connectivity index is 2.36. The molecule has 20 heavy (non-hydrogen) atoms. The second-order valence-corrected chi connectivity index (χ2v) is 5.72. The minimum atomic E-state index is 0.0715. The molecular formula is C16H19ClN2O. The predicted octanol–water partition coefficient (Wildman–Crippen LogP) is 3.96. The summed E-state index contributed by atoms with van der Waals surface area (Å²) in [4.78, 5) is 12.5. The van der Waals surface area contributed by atoms with Crippen molar-refractivity contribution in [3.63, 3.8) is 0 Å². The van der Waals surface area contributed by atoms with Crippen LogP contribution in [0, 0.1) is 34.6 Å². The maximum Gasteiger partial charge on any atom is 0.184 e. The van der Waals surface area contributed by atoms with Crippen molar-refractivity contribution in [1.82, 2.24) is 9.78 Å². The van der Waals surface area contributed by atoms with Gasteiger partial charge in [-0.15, -0.1) is 0 Å². The highest BCUT2D eigenvalue weighted by Gasteiger charge is 2.16. The summed E-state index contributed by atoms with van der Waals surface area (Å²) in [6, 6.07) is 4.07. The van der Waals surface area contributed by atoms with Crippen LogP contribution in [0.15, 0.2) is 12.1 Å². The summed E-state index contributed by atoms with van der Waals surface area (Å²) in [6.45, 7) is 9.94. The summed E-state index contributed by atoms with van der Waals surface area (Å²) in [5.74, 6) is 0.0715. The van der Waals surface area contributed by atoms with Crippen molar-refractivity contribution in [2.24, 2.45) is 0 Å². The molecule has 4 heteroatoms. The number of hydrogen-bond donors (Lipinski definition) is 0. The van der Waals surface area contributed by atoms with Gasteiger partial charge in [0.1, 0.15) is 6.54 Å². The van der Waals surface area contributed by atoms with Gasteiger partial charge in [-0.05, 0) is 45.7 Å². The minimum absolute atomic E-state index is 0.0715. The third-order valence-electron chi connectivity index (χ3n) is 3.54. The van der Waals surface area contributed by atoms with Gasteiger partial charge in [0, 0.05) is 5.56 Å². The molecule has 0 N–H and O–H groups in total. The van der Waals surface area contributed by atoms with E-state index in [1.54, 1.807) is 4.68 Å². The monoisotopic (exact) mass is 290 g/mol. The Kier molecular flexibility index (Phi) is 4.00. The third kappa shape index (κ3) is 2.63. The van der Waals surface area contributed by atoms with Gasteiger partial charge in [-0.2, -0.15) is 5.10 Å². The smallest absolute Gasteiger partial charge is 0.184 e. The van der Waals surface area contributed by atoms with E-state index in [1.807, 2.05) is 46.8 Å². The van der Waals surface area contributed by atoms with E-state index in [4.69, 9.17) is 11.6 Å². The van der Waals surface area contributed by atoms with E-state index in [1.165, 1.54) is 5.56 Å². The topological polar surface area (TPSA) is 34.9 Å². The number of aryl methyl sites for hydroxylation is 4. The molecule has 0 aliphatic carbocycles. The summed E-state index contributed by atoms with van der Waals surface area (Å²) in [7, 11) is 0. The van der Waals surface area contributed by atoms with E-state index in [0.717, 1.165) is 28.1 Å². The maximum absolute atomic E-state index is 12.5. The molecule has 0 fully saturated rings. The highest BCUT2D eigenvalue weighted by atomic mass is 35.5. The SMILES string of the molecule is Cc1cc(C)c(C(=O)Cn2nc(C)c(Cl)c2C)c(C)c1. The lowest BCUT2D eigenvalue weighted by Gasteiger charge is -2.11.